The van der Waals surface area contributed by atoms with Crippen molar-refractivity contribution in [2.45, 2.75) is 0 Å². The van der Waals surface area contributed by atoms with Gasteiger partial charge in [0.25, 0.3) is 0 Å². The fourth-order valence-corrected chi connectivity index (χ4v) is 7.07. The fourth-order valence-electron chi connectivity index (χ4n) is 7.07. The first-order valence-electron chi connectivity index (χ1n) is 19.5. The highest BCUT2D eigenvalue weighted by Crippen LogP contribution is 2.39. The highest BCUT2D eigenvalue weighted by molar-refractivity contribution is 6.13. The molecule has 0 bridgehead atoms. The lowest BCUT2D eigenvalue weighted by Gasteiger charge is -2.10. The molecule has 48 heavy (non-hydrogen) atoms. The monoisotopic (exact) mass is 617 g/mol. The summed E-state index contributed by atoms with van der Waals surface area (Å²) in [5, 5.41) is 4.18. The minimum absolute atomic E-state index is 0.0666. The molecule has 0 amide bonds. The summed E-state index contributed by atoms with van der Waals surface area (Å²) in [7, 11) is 0. The Morgan fingerprint density at radius 2 is 1.06 bits per heavy atom. The van der Waals surface area contributed by atoms with Gasteiger partial charge in [0.05, 0.1) is 31.7 Å². The first-order valence-corrected chi connectivity index (χ1v) is 16.0. The Labute approximate surface area is 288 Å². The molecule has 0 aliphatic heterocycles. The average Bonchev–Trinajstić information content (AvgIpc) is 3.75. The quantitative estimate of drug-likeness (QED) is 0.186. The van der Waals surface area contributed by atoms with Gasteiger partial charge in [-0.3, -0.25) is 0 Å². The molecule has 10 aromatic rings. The molecule has 0 aliphatic rings. The zero-order chi connectivity index (χ0) is 37.7. The molecule has 224 valence electrons. The molecule has 8 aromatic carbocycles. The van der Waals surface area contributed by atoms with Gasteiger partial charge in [-0.25, -0.2) is 0 Å². The van der Waals surface area contributed by atoms with Gasteiger partial charge in [0.15, 0.2) is 0 Å². The van der Waals surface area contributed by atoms with E-state index in [1.165, 1.54) is 0 Å². The summed E-state index contributed by atoms with van der Waals surface area (Å²) < 4.78 is 67.9. The number of nitrogens with zero attached hydrogens (tertiary/aromatic N) is 2. The predicted molar refractivity (Wildman–Crippen MR) is 203 cm³/mol. The number of aromatic nitrogens is 2. The zero-order valence-electron chi connectivity index (χ0n) is 32.7. The molecule has 0 radical (unpaired) electrons. The minimum Gasteiger partial charge on any atom is -0.309 e. The fraction of sp³-hybridized carbons (Fsp3) is 0. The molecule has 0 spiro atoms. The van der Waals surface area contributed by atoms with Crippen LogP contribution in [-0.4, -0.2) is 9.13 Å². The van der Waals surface area contributed by atoms with Crippen LogP contribution in [-0.2, 0) is 0 Å². The van der Waals surface area contributed by atoms with Gasteiger partial charge in [0.2, 0.25) is 0 Å². The molecular weight excluding hydrogens is 581 g/mol. The van der Waals surface area contributed by atoms with E-state index in [9.17, 15) is 4.11 Å². The van der Waals surface area contributed by atoms with Gasteiger partial charge < -0.3 is 9.13 Å². The Morgan fingerprint density at radius 3 is 1.94 bits per heavy atom. The minimum atomic E-state index is -0.414. The lowest BCUT2D eigenvalue weighted by molar-refractivity contribution is 1.18. The molecule has 0 unspecified atom stereocenters. The van der Waals surface area contributed by atoms with Crippen LogP contribution in [0, 0.1) is 0 Å². The van der Waals surface area contributed by atoms with Crippen LogP contribution in [0.4, 0.5) is 0 Å². The lowest BCUT2D eigenvalue weighted by atomic mass is 9.99. The maximum atomic E-state index is 9.75. The van der Waals surface area contributed by atoms with Crippen LogP contribution in [0.25, 0.3) is 88.0 Å². The maximum absolute atomic E-state index is 9.75. The largest absolute Gasteiger partial charge is 0.309 e. The van der Waals surface area contributed by atoms with E-state index in [2.05, 4.69) is 47.0 Å². The van der Waals surface area contributed by atoms with Crippen LogP contribution in [0.15, 0.2) is 182 Å². The van der Waals surface area contributed by atoms with E-state index < -0.39 is 12.1 Å². The normalized spacial score (nSPS) is 13.8. The smallest absolute Gasteiger partial charge is 0.0645 e. The van der Waals surface area contributed by atoms with E-state index in [1.54, 1.807) is 4.57 Å². The van der Waals surface area contributed by atoms with E-state index in [1.807, 2.05) is 97.1 Å². The molecule has 2 heterocycles. The number of rotatable bonds is 4. The zero-order valence-corrected chi connectivity index (χ0v) is 25.7. The second-order valence-corrected chi connectivity index (χ2v) is 12.1. The highest BCUT2D eigenvalue weighted by atomic mass is 15.0. The van der Waals surface area contributed by atoms with Crippen LogP contribution in [0.5, 0.6) is 0 Å². The number of hydrogen-bond donors (Lipinski definition) is 0. The summed E-state index contributed by atoms with van der Waals surface area (Å²) in [5.74, 6) is 0. The lowest BCUT2D eigenvalue weighted by Crippen LogP contribution is -1.94. The molecule has 0 aliphatic carbocycles. The Morgan fingerprint density at radius 1 is 0.354 bits per heavy atom. The summed E-state index contributed by atoms with van der Waals surface area (Å²) in [6.07, 6.45) is 0. The van der Waals surface area contributed by atoms with Crippen molar-refractivity contribution in [2.75, 3.05) is 0 Å². The third kappa shape index (κ3) is 4.13. The number of hydrogen-bond acceptors (Lipinski definition) is 0. The van der Waals surface area contributed by atoms with Gasteiger partial charge in [0.1, 0.15) is 0 Å². The first kappa shape index (κ1) is 20.7. The summed E-state index contributed by atoms with van der Waals surface area (Å²) in [4.78, 5) is 0. The SMILES string of the molecule is [2H]c1c([2H])c([2H])c2c(c1[2H])c1c([2H])c(-c3ccc4c(c3)c3ccc(-c5ccccc5)cc3n4-c3ccccc3)c([2H])c([2H])c1n2-c1ccc2ccccc2c1. The van der Waals surface area contributed by atoms with Gasteiger partial charge >= 0.3 is 0 Å². The van der Waals surface area contributed by atoms with Crippen molar-refractivity contribution in [3.63, 3.8) is 0 Å². The molecule has 0 N–H and O–H groups in total. The van der Waals surface area contributed by atoms with E-state index in [0.717, 1.165) is 49.4 Å². The molecule has 2 nitrogen and oxygen atoms in total. The third-order valence-corrected chi connectivity index (χ3v) is 9.33. The van der Waals surface area contributed by atoms with Crippen LogP contribution < -0.4 is 0 Å². The summed E-state index contributed by atoms with van der Waals surface area (Å²) in [5.41, 5.74) is 6.87. The standard InChI is InChI=1S/C46H30N2/c1-3-11-31(12-4-1)36-20-24-40-42-29-35(21-25-44(42)47(46(40)30-36)37-15-5-2-6-16-37)34-22-26-45-41(28-34)39-17-9-10-18-43(39)48(45)38-23-19-32-13-7-8-14-33(32)27-38/h1-30H/i9D,10D,17D,18D,22D,26D,28D. The molecule has 2 aromatic heterocycles. The van der Waals surface area contributed by atoms with Crippen LogP contribution in [0.1, 0.15) is 9.60 Å². The van der Waals surface area contributed by atoms with Crippen molar-refractivity contribution in [3.05, 3.63) is 182 Å². The van der Waals surface area contributed by atoms with Crippen molar-refractivity contribution in [3.8, 4) is 33.6 Å². The van der Waals surface area contributed by atoms with Gasteiger partial charge in [-0.2, -0.15) is 0 Å². The van der Waals surface area contributed by atoms with Gasteiger partial charge in [-0.05, 0) is 93.6 Å². The number of benzene rings is 8. The Bertz CT molecular complexity index is 3220. The molecule has 0 saturated carbocycles. The molecular formula is C46H30N2. The van der Waals surface area contributed by atoms with Crippen molar-refractivity contribution in [2.24, 2.45) is 0 Å². The van der Waals surface area contributed by atoms with Crippen LogP contribution >= 0.6 is 0 Å². The second kappa shape index (κ2) is 10.6. The predicted octanol–water partition coefficient (Wildman–Crippen LogP) is 12.4. The molecule has 10 rings (SSSR count). The highest BCUT2D eigenvalue weighted by Gasteiger charge is 2.17. The van der Waals surface area contributed by atoms with Crippen LogP contribution in [0.3, 0.4) is 0 Å². The van der Waals surface area contributed by atoms with Crippen molar-refractivity contribution >= 4 is 54.4 Å². The molecule has 0 fully saturated rings. The van der Waals surface area contributed by atoms with Crippen LogP contribution in [0.2, 0.25) is 0 Å². The summed E-state index contributed by atoms with van der Waals surface area (Å²) in [6, 6.07) is 44.4. The van der Waals surface area contributed by atoms with Crippen molar-refractivity contribution in [1.29, 1.82) is 0 Å². The Kier molecular flexibility index (Phi) is 4.56. The second-order valence-electron chi connectivity index (χ2n) is 12.1. The molecule has 0 atom stereocenters. The van der Waals surface area contributed by atoms with E-state index in [0.29, 0.717) is 11.3 Å². The number of para-hydroxylation sites is 2. The van der Waals surface area contributed by atoms with Crippen molar-refractivity contribution < 1.29 is 9.60 Å². The van der Waals surface area contributed by atoms with Gasteiger partial charge in [-0.15, -0.1) is 0 Å². The van der Waals surface area contributed by atoms with Gasteiger partial charge in [-0.1, -0.05) is 121 Å². The van der Waals surface area contributed by atoms with E-state index in [4.69, 9.17) is 5.48 Å². The molecule has 2 heteroatoms. The first-order chi connectivity index (χ1) is 26.7. The number of fused-ring (bicyclic) bond motifs is 7. The summed E-state index contributed by atoms with van der Waals surface area (Å²) in [6.45, 7) is 0. The van der Waals surface area contributed by atoms with Crippen molar-refractivity contribution in [1.82, 2.24) is 9.13 Å². The Hall–Kier alpha value is -6.38. The third-order valence-electron chi connectivity index (χ3n) is 9.33. The summed E-state index contributed by atoms with van der Waals surface area (Å²) >= 11 is 0. The van der Waals surface area contributed by atoms with E-state index >= 15 is 0 Å². The maximum Gasteiger partial charge on any atom is 0.0645 e. The average molecular weight is 618 g/mol. The molecule has 0 saturated heterocycles. The van der Waals surface area contributed by atoms with E-state index in [-0.39, 0.29) is 57.6 Å². The topological polar surface area (TPSA) is 9.86 Å². The van der Waals surface area contributed by atoms with Gasteiger partial charge in [0, 0.05) is 32.9 Å². The Balaban J connectivity index is 1.28.